The minimum atomic E-state index is 0.476. The topological polar surface area (TPSA) is 52.8 Å². The highest BCUT2D eigenvalue weighted by Gasteiger charge is 2.12. The molecule has 0 atom stereocenters. The number of hydrogen-bond donors (Lipinski definition) is 0. The summed E-state index contributed by atoms with van der Waals surface area (Å²) in [5.41, 5.74) is 0.965. The van der Waals surface area contributed by atoms with Crippen molar-refractivity contribution in [3.63, 3.8) is 0 Å². The van der Waals surface area contributed by atoms with E-state index in [9.17, 15) is 0 Å². The Kier molecular flexibility index (Phi) is 5.00. The van der Waals surface area contributed by atoms with Gasteiger partial charge >= 0.3 is 0 Å². The Morgan fingerprint density at radius 3 is 2.88 bits per heavy atom. The van der Waals surface area contributed by atoms with Gasteiger partial charge in [0.25, 0.3) is 0 Å². The second kappa shape index (κ2) is 6.29. The van der Waals surface area contributed by atoms with Crippen molar-refractivity contribution >= 4 is 17.4 Å². The molecule has 86 valence electrons. The maximum Gasteiger partial charge on any atom is 0.137 e. The summed E-state index contributed by atoms with van der Waals surface area (Å²) in [5, 5.41) is 9.06. The Morgan fingerprint density at radius 2 is 2.25 bits per heavy atom. The molecule has 4 nitrogen and oxygen atoms in total. The van der Waals surface area contributed by atoms with Gasteiger partial charge in [-0.2, -0.15) is 5.26 Å². The summed E-state index contributed by atoms with van der Waals surface area (Å²) in [6.45, 7) is 2.74. The number of aromatic nitrogens is 2. The molecule has 5 heteroatoms. The second-order valence-corrected chi connectivity index (χ2v) is 3.90. The molecule has 0 saturated heterocycles. The van der Waals surface area contributed by atoms with Crippen LogP contribution >= 0.6 is 11.6 Å². The number of nitriles is 1. The zero-order valence-corrected chi connectivity index (χ0v) is 10.3. The largest absolute Gasteiger partial charge is 0.358 e. The molecule has 1 aromatic heterocycles. The number of halogens is 1. The predicted octanol–water partition coefficient (Wildman–Crippen LogP) is 2.43. The highest BCUT2D eigenvalue weighted by molar-refractivity contribution is 6.30. The van der Waals surface area contributed by atoms with Crippen molar-refractivity contribution in [2.24, 2.45) is 0 Å². The third-order valence-electron chi connectivity index (χ3n) is 2.29. The van der Waals surface area contributed by atoms with Crippen molar-refractivity contribution in [3.05, 3.63) is 17.0 Å². The van der Waals surface area contributed by atoms with E-state index in [-0.39, 0.29) is 0 Å². The summed E-state index contributed by atoms with van der Waals surface area (Å²) in [4.78, 5) is 10.2. The molecule has 0 fully saturated rings. The molecule has 0 bridgehead atoms. The molecule has 0 radical (unpaired) electrons. The first-order valence-corrected chi connectivity index (χ1v) is 5.66. The van der Waals surface area contributed by atoms with Crippen molar-refractivity contribution in [1.29, 1.82) is 5.26 Å². The molecule has 1 aromatic rings. The molecule has 0 N–H and O–H groups in total. The Balaban J connectivity index is 2.93. The Labute approximate surface area is 101 Å². The summed E-state index contributed by atoms with van der Waals surface area (Å²) < 4.78 is 0. The van der Waals surface area contributed by atoms with Gasteiger partial charge in [-0.25, -0.2) is 9.97 Å². The fourth-order valence-electron chi connectivity index (χ4n) is 1.50. The molecule has 1 heterocycles. The summed E-state index contributed by atoms with van der Waals surface area (Å²) in [5.74, 6) is 0.831. The van der Waals surface area contributed by atoms with Crippen molar-refractivity contribution in [2.75, 3.05) is 18.5 Å². The molecule has 0 aliphatic heterocycles. The summed E-state index contributed by atoms with van der Waals surface area (Å²) >= 11 is 6.04. The predicted molar refractivity (Wildman–Crippen MR) is 64.5 cm³/mol. The molecule has 0 unspecified atom stereocenters. The van der Waals surface area contributed by atoms with Crippen LogP contribution in [-0.2, 0) is 6.42 Å². The van der Waals surface area contributed by atoms with E-state index in [1.807, 2.05) is 11.9 Å². The van der Waals surface area contributed by atoms with Gasteiger partial charge < -0.3 is 4.90 Å². The molecule has 0 saturated carbocycles. The third-order valence-corrected chi connectivity index (χ3v) is 2.62. The highest BCUT2D eigenvalue weighted by atomic mass is 35.5. The monoisotopic (exact) mass is 238 g/mol. The lowest BCUT2D eigenvalue weighted by molar-refractivity contribution is 0.839. The van der Waals surface area contributed by atoms with Crippen LogP contribution in [0, 0.1) is 11.3 Å². The van der Waals surface area contributed by atoms with Gasteiger partial charge in [0.15, 0.2) is 0 Å². The molecule has 0 aliphatic rings. The van der Waals surface area contributed by atoms with Gasteiger partial charge in [0.2, 0.25) is 0 Å². The minimum absolute atomic E-state index is 0.476. The van der Waals surface area contributed by atoms with Crippen LogP contribution in [0.1, 0.15) is 25.3 Å². The summed E-state index contributed by atoms with van der Waals surface area (Å²) in [6, 6.07) is 2.12. The first-order chi connectivity index (χ1) is 7.70. The molecular formula is C11H15ClN4. The normalized spacial score (nSPS) is 9.88. The number of nitrogens with zero attached hydrogens (tertiary/aromatic N) is 4. The third kappa shape index (κ3) is 3.07. The van der Waals surface area contributed by atoms with Gasteiger partial charge in [0.1, 0.15) is 17.3 Å². The van der Waals surface area contributed by atoms with E-state index in [0.29, 0.717) is 18.1 Å². The average molecular weight is 239 g/mol. The quantitative estimate of drug-likeness (QED) is 0.740. The standard InChI is InChI=1S/C11H15ClN4/c1-3-5-9-10(12)14-8-15-11(9)16(2)7-4-6-13/h8H,3-5,7H2,1-2H3. The lowest BCUT2D eigenvalue weighted by atomic mass is 10.2. The Bertz CT molecular complexity index is 386. The fraction of sp³-hybridized carbons (Fsp3) is 0.545. The van der Waals surface area contributed by atoms with Gasteiger partial charge in [0, 0.05) is 19.2 Å². The molecule has 1 rings (SSSR count). The van der Waals surface area contributed by atoms with Gasteiger partial charge in [0.05, 0.1) is 12.5 Å². The van der Waals surface area contributed by atoms with Crippen molar-refractivity contribution in [3.8, 4) is 6.07 Å². The first-order valence-electron chi connectivity index (χ1n) is 5.28. The average Bonchev–Trinajstić information content (AvgIpc) is 2.29. The van der Waals surface area contributed by atoms with E-state index in [4.69, 9.17) is 16.9 Å². The Morgan fingerprint density at radius 1 is 1.50 bits per heavy atom. The van der Waals surface area contributed by atoms with E-state index in [1.54, 1.807) is 0 Å². The molecule has 16 heavy (non-hydrogen) atoms. The molecule has 0 spiro atoms. The van der Waals surface area contributed by atoms with Crippen LogP contribution in [0.5, 0.6) is 0 Å². The summed E-state index contributed by atoms with van der Waals surface area (Å²) in [6.07, 6.45) is 3.78. The molecule has 0 aromatic carbocycles. The van der Waals surface area contributed by atoms with E-state index in [1.165, 1.54) is 6.33 Å². The second-order valence-electron chi connectivity index (χ2n) is 3.55. The summed E-state index contributed by atoms with van der Waals surface area (Å²) in [7, 11) is 1.91. The van der Waals surface area contributed by atoms with Crippen LogP contribution in [0.25, 0.3) is 0 Å². The Hall–Kier alpha value is -1.34. The molecule has 0 amide bonds. The minimum Gasteiger partial charge on any atom is -0.358 e. The zero-order chi connectivity index (χ0) is 12.0. The van der Waals surface area contributed by atoms with E-state index in [0.717, 1.165) is 24.2 Å². The number of rotatable bonds is 5. The zero-order valence-electron chi connectivity index (χ0n) is 9.57. The van der Waals surface area contributed by atoms with Gasteiger partial charge in [-0.3, -0.25) is 0 Å². The lowest BCUT2D eigenvalue weighted by Gasteiger charge is -2.19. The molecular weight excluding hydrogens is 224 g/mol. The van der Waals surface area contributed by atoms with Gasteiger partial charge in [-0.15, -0.1) is 0 Å². The highest BCUT2D eigenvalue weighted by Crippen LogP contribution is 2.23. The maximum atomic E-state index is 8.55. The first kappa shape index (κ1) is 12.7. The van der Waals surface area contributed by atoms with Crippen molar-refractivity contribution in [1.82, 2.24) is 9.97 Å². The van der Waals surface area contributed by atoms with Crippen LogP contribution in [0.4, 0.5) is 5.82 Å². The number of hydrogen-bond acceptors (Lipinski definition) is 4. The van der Waals surface area contributed by atoms with Crippen LogP contribution < -0.4 is 4.90 Å². The van der Waals surface area contributed by atoms with Crippen molar-refractivity contribution in [2.45, 2.75) is 26.2 Å². The van der Waals surface area contributed by atoms with E-state index in [2.05, 4.69) is 23.0 Å². The van der Waals surface area contributed by atoms with Crippen molar-refractivity contribution < 1.29 is 0 Å². The number of anilines is 1. The SMILES string of the molecule is CCCc1c(Cl)ncnc1N(C)CCC#N. The van der Waals surface area contributed by atoms with Gasteiger partial charge in [-0.1, -0.05) is 24.9 Å². The smallest absolute Gasteiger partial charge is 0.137 e. The van der Waals surface area contributed by atoms with Crippen LogP contribution in [-0.4, -0.2) is 23.6 Å². The maximum absolute atomic E-state index is 8.55. The lowest BCUT2D eigenvalue weighted by Crippen LogP contribution is -2.21. The van der Waals surface area contributed by atoms with E-state index >= 15 is 0 Å². The van der Waals surface area contributed by atoms with Gasteiger partial charge in [-0.05, 0) is 6.42 Å². The molecule has 0 aliphatic carbocycles. The fourth-order valence-corrected chi connectivity index (χ4v) is 1.72. The van der Waals surface area contributed by atoms with Crippen LogP contribution in [0.15, 0.2) is 6.33 Å². The van der Waals surface area contributed by atoms with E-state index < -0.39 is 0 Å². The van der Waals surface area contributed by atoms with Crippen LogP contribution in [0.3, 0.4) is 0 Å². The van der Waals surface area contributed by atoms with Crippen LogP contribution in [0.2, 0.25) is 5.15 Å².